The predicted molar refractivity (Wildman–Crippen MR) is 144 cm³/mol. The Morgan fingerprint density at radius 1 is 1.19 bits per heavy atom. The van der Waals surface area contributed by atoms with Crippen LogP contribution in [0.4, 0.5) is 17.6 Å². The average Bonchev–Trinajstić information content (AvgIpc) is 3.30. The molecule has 1 aliphatic rings. The highest BCUT2D eigenvalue weighted by atomic mass is 35.5. The Kier molecular flexibility index (Phi) is 8.88. The first-order valence-corrected chi connectivity index (χ1v) is 13.0. The number of halogens is 5. The van der Waals surface area contributed by atoms with Gasteiger partial charge in [-0.25, -0.2) is 14.2 Å². The number of benzene rings is 2. The van der Waals surface area contributed by atoms with E-state index in [1.54, 1.807) is 6.92 Å². The van der Waals surface area contributed by atoms with Crippen LogP contribution >= 0.6 is 11.8 Å². The van der Waals surface area contributed by atoms with Gasteiger partial charge in [0.1, 0.15) is 24.7 Å². The Hall–Kier alpha value is -3.65. The van der Waals surface area contributed by atoms with Gasteiger partial charge in [-0.15, -0.1) is 0 Å². The second kappa shape index (κ2) is 11.9. The molecule has 226 valence electrons. The average molecular weight is 614 g/mol. The van der Waals surface area contributed by atoms with Gasteiger partial charge in [-0.1, -0.05) is 0 Å². The van der Waals surface area contributed by atoms with E-state index in [0.717, 1.165) is 18.2 Å². The Bertz CT molecular complexity index is 1460. The third-order valence-electron chi connectivity index (χ3n) is 6.70. The van der Waals surface area contributed by atoms with Gasteiger partial charge in [0.25, 0.3) is 5.91 Å². The molecule has 3 atom stereocenters. The smallest absolute Gasteiger partial charge is 0.424 e. The topological polar surface area (TPSA) is 122 Å². The maximum Gasteiger partial charge on any atom is 0.424 e. The molecule has 0 aliphatic carbocycles. The summed E-state index contributed by atoms with van der Waals surface area (Å²) in [5.41, 5.74) is -5.41. The Morgan fingerprint density at radius 3 is 2.48 bits per heavy atom. The molecule has 0 bridgehead atoms. The highest BCUT2D eigenvalue weighted by Gasteiger charge is 2.57. The van der Waals surface area contributed by atoms with Crippen LogP contribution in [-0.2, 0) is 11.1 Å². The minimum Gasteiger partial charge on any atom is -0.493 e. The van der Waals surface area contributed by atoms with Gasteiger partial charge in [0, 0.05) is 16.7 Å². The lowest BCUT2D eigenvalue weighted by atomic mass is 9.89. The number of alkyl halides is 3. The second-order valence-corrected chi connectivity index (χ2v) is 10.2. The van der Waals surface area contributed by atoms with Crippen molar-refractivity contribution in [3.8, 4) is 28.5 Å². The van der Waals surface area contributed by atoms with Crippen LogP contribution in [0, 0.1) is 5.82 Å². The first-order valence-electron chi connectivity index (χ1n) is 12.6. The number of fused-ring (bicyclic) bond motifs is 1. The van der Waals surface area contributed by atoms with Crippen LogP contribution in [0.1, 0.15) is 35.5 Å². The number of methoxy groups -OCH3 is 1. The van der Waals surface area contributed by atoms with Crippen molar-refractivity contribution in [2.45, 2.75) is 37.3 Å². The fraction of sp³-hybridized carbons (Fsp3) is 0.357. The van der Waals surface area contributed by atoms with Gasteiger partial charge in [-0.2, -0.15) is 13.2 Å². The molecule has 4 rings (SSSR count). The fourth-order valence-electron chi connectivity index (χ4n) is 4.26. The number of rotatable bonds is 10. The normalized spacial score (nSPS) is 18.4. The number of hydrogen-bond acceptors (Lipinski definition) is 8. The largest absolute Gasteiger partial charge is 0.493 e. The van der Waals surface area contributed by atoms with Crippen molar-refractivity contribution >= 4 is 17.7 Å². The molecule has 1 aliphatic heterocycles. The molecule has 0 spiro atoms. The van der Waals surface area contributed by atoms with Crippen molar-refractivity contribution < 1.29 is 46.8 Å². The molecule has 0 fully saturated rings. The lowest BCUT2D eigenvalue weighted by Gasteiger charge is -2.31. The molecule has 2 heterocycles. The van der Waals surface area contributed by atoms with E-state index in [9.17, 15) is 32.6 Å². The van der Waals surface area contributed by atoms with Crippen LogP contribution in [-0.4, -0.2) is 60.3 Å². The van der Waals surface area contributed by atoms with Crippen LogP contribution in [0.25, 0.3) is 11.3 Å². The van der Waals surface area contributed by atoms with Crippen LogP contribution in [0.5, 0.6) is 17.2 Å². The maximum absolute atomic E-state index is 14.6. The quantitative estimate of drug-likeness (QED) is 0.198. The summed E-state index contributed by atoms with van der Waals surface area (Å²) in [6.45, 7) is 1.66. The van der Waals surface area contributed by atoms with E-state index in [2.05, 4.69) is 15.1 Å². The van der Waals surface area contributed by atoms with E-state index in [1.165, 1.54) is 44.4 Å². The molecule has 4 N–H and O–H groups in total. The SMILES string of the molecule is COc1cc(C(=O)NC[C@](O)(c2cc3c(c(-c4ccc(F)cc4)n2)OC[C@@]3(C)NCl)C(F)(F)F)ccc1OC[C@@H](C)O. The number of nitrogens with one attached hydrogen (secondary N) is 2. The Labute approximate surface area is 243 Å². The number of aliphatic hydroxyl groups is 2. The van der Waals surface area contributed by atoms with Crippen molar-refractivity contribution in [3.63, 3.8) is 0 Å². The highest BCUT2D eigenvalue weighted by Crippen LogP contribution is 2.47. The molecular formula is C28H28ClF4N3O6. The zero-order valence-electron chi connectivity index (χ0n) is 22.7. The summed E-state index contributed by atoms with van der Waals surface area (Å²) in [6, 6.07) is 9.75. The number of ether oxygens (including phenoxy) is 3. The van der Waals surface area contributed by atoms with E-state index in [-0.39, 0.29) is 52.8 Å². The van der Waals surface area contributed by atoms with E-state index in [1.807, 2.05) is 0 Å². The molecule has 0 saturated heterocycles. The van der Waals surface area contributed by atoms with Crippen molar-refractivity contribution in [2.24, 2.45) is 0 Å². The number of pyridine rings is 1. The van der Waals surface area contributed by atoms with Crippen molar-refractivity contribution in [1.29, 1.82) is 0 Å². The van der Waals surface area contributed by atoms with Gasteiger partial charge in [0.2, 0.25) is 5.60 Å². The summed E-state index contributed by atoms with van der Waals surface area (Å²) in [6.07, 6.45) is -6.08. The summed E-state index contributed by atoms with van der Waals surface area (Å²) in [4.78, 5) is 19.5. The molecule has 9 nitrogen and oxygen atoms in total. The van der Waals surface area contributed by atoms with Crippen molar-refractivity contribution in [2.75, 3.05) is 26.9 Å². The fourth-order valence-corrected chi connectivity index (χ4v) is 4.42. The maximum atomic E-state index is 14.6. The molecule has 1 aromatic heterocycles. The molecule has 2 aromatic carbocycles. The van der Waals surface area contributed by atoms with Gasteiger partial charge in [0.05, 0.1) is 31.0 Å². The van der Waals surface area contributed by atoms with Crippen molar-refractivity contribution in [3.05, 3.63) is 71.2 Å². The van der Waals surface area contributed by atoms with Crippen LogP contribution in [0.3, 0.4) is 0 Å². The summed E-state index contributed by atoms with van der Waals surface area (Å²) in [7, 11) is 1.31. The van der Waals surface area contributed by atoms with E-state index >= 15 is 0 Å². The van der Waals surface area contributed by atoms with Gasteiger partial charge < -0.3 is 29.7 Å². The zero-order chi connectivity index (χ0) is 30.9. The molecule has 0 unspecified atom stereocenters. The molecule has 14 heteroatoms. The number of nitrogens with zero attached hydrogens (tertiary/aromatic N) is 1. The zero-order valence-corrected chi connectivity index (χ0v) is 23.4. The number of aliphatic hydroxyl groups excluding tert-OH is 1. The van der Waals surface area contributed by atoms with E-state index in [4.69, 9.17) is 26.0 Å². The highest BCUT2D eigenvalue weighted by molar-refractivity contribution is 6.14. The third-order valence-corrected chi connectivity index (χ3v) is 7.12. The van der Waals surface area contributed by atoms with Gasteiger partial charge in [-0.3, -0.25) is 4.79 Å². The number of carbonyl (C=O) groups is 1. The minimum absolute atomic E-state index is 0.0580. The lowest BCUT2D eigenvalue weighted by molar-refractivity contribution is -0.265. The summed E-state index contributed by atoms with van der Waals surface area (Å²) < 4.78 is 73.6. The molecule has 0 radical (unpaired) electrons. The summed E-state index contributed by atoms with van der Waals surface area (Å²) in [5.74, 6) is -1.11. The first-order chi connectivity index (χ1) is 19.7. The monoisotopic (exact) mass is 613 g/mol. The molecule has 0 saturated carbocycles. The Balaban J connectivity index is 1.71. The minimum atomic E-state index is -5.30. The van der Waals surface area contributed by atoms with Crippen LogP contribution in [0.2, 0.25) is 0 Å². The number of amides is 1. The Morgan fingerprint density at radius 2 is 1.88 bits per heavy atom. The van der Waals surface area contributed by atoms with E-state index in [0.29, 0.717) is 0 Å². The van der Waals surface area contributed by atoms with Gasteiger partial charge in [0.15, 0.2) is 17.2 Å². The van der Waals surface area contributed by atoms with Crippen molar-refractivity contribution in [1.82, 2.24) is 15.1 Å². The van der Waals surface area contributed by atoms with E-state index < -0.39 is 47.4 Å². The molecule has 3 aromatic rings. The number of hydrogen-bond donors (Lipinski definition) is 4. The molecule has 42 heavy (non-hydrogen) atoms. The number of carbonyl (C=O) groups excluding carboxylic acids is 1. The number of aromatic nitrogens is 1. The summed E-state index contributed by atoms with van der Waals surface area (Å²) in [5, 5.41) is 22.7. The van der Waals surface area contributed by atoms with Crippen LogP contribution < -0.4 is 24.4 Å². The first kappa shape index (κ1) is 31.3. The van der Waals surface area contributed by atoms with Gasteiger partial charge >= 0.3 is 6.18 Å². The standard InChI is InChI=1S/C28H28ClF4N3O6/c1-15(37)12-41-20-9-6-17(10-21(20)40-3)25(38)34-13-27(39,28(31,32)33)22-11-19-24(42-14-26(19,2)36-29)23(35-22)16-4-7-18(30)8-5-16/h4-11,15,36-37,39H,12-14H2,1-3H3,(H,34,38)/t15-,26-,27+/m1/s1. The predicted octanol–water partition coefficient (Wildman–Crippen LogP) is 4.19. The molecular weight excluding hydrogens is 586 g/mol. The molecule has 1 amide bonds. The van der Waals surface area contributed by atoms with Gasteiger partial charge in [-0.05, 0) is 74.2 Å². The summed E-state index contributed by atoms with van der Waals surface area (Å²) >= 11 is 5.92. The lowest BCUT2D eigenvalue weighted by Crippen LogP contribution is -2.51. The second-order valence-electron chi connectivity index (χ2n) is 10.0. The van der Waals surface area contributed by atoms with Crippen LogP contribution in [0.15, 0.2) is 48.5 Å². The third kappa shape index (κ3) is 6.09.